The Morgan fingerprint density at radius 3 is 2.61 bits per heavy atom. The molecule has 96 valence electrons. The largest absolute Gasteiger partial charge is 0.417 e. The Bertz CT molecular complexity index is 494. The number of alkyl halides is 4. The van der Waals surface area contributed by atoms with Crippen molar-refractivity contribution in [2.75, 3.05) is 10.6 Å². The average molecular weight is 321 g/mol. The minimum absolute atomic E-state index is 0.0206. The van der Waals surface area contributed by atoms with Crippen LogP contribution in [0.15, 0.2) is 18.2 Å². The highest BCUT2D eigenvalue weighted by molar-refractivity contribution is 9.09. The fourth-order valence-electron chi connectivity index (χ4n) is 1.26. The first kappa shape index (κ1) is 14.5. The van der Waals surface area contributed by atoms with Gasteiger partial charge in [0, 0.05) is 17.4 Å². The van der Waals surface area contributed by atoms with E-state index in [-0.39, 0.29) is 12.1 Å². The lowest BCUT2D eigenvalue weighted by Crippen LogP contribution is -2.14. The fourth-order valence-corrected chi connectivity index (χ4v) is 1.62. The summed E-state index contributed by atoms with van der Waals surface area (Å²) in [6.07, 6.45) is -4.47. The first-order chi connectivity index (χ1) is 8.38. The van der Waals surface area contributed by atoms with E-state index in [0.717, 1.165) is 12.1 Å². The Hall–Kier alpha value is -1.55. The summed E-state index contributed by atoms with van der Waals surface area (Å²) in [5, 5.41) is 11.3. The Morgan fingerprint density at radius 1 is 1.44 bits per heavy atom. The van der Waals surface area contributed by atoms with Gasteiger partial charge in [0.2, 0.25) is 5.91 Å². The zero-order valence-electron chi connectivity index (χ0n) is 9.01. The molecule has 0 heterocycles. The molecule has 1 amide bonds. The van der Waals surface area contributed by atoms with Crippen molar-refractivity contribution in [3.8, 4) is 6.07 Å². The van der Waals surface area contributed by atoms with Gasteiger partial charge in [-0.2, -0.15) is 18.4 Å². The predicted molar refractivity (Wildman–Crippen MR) is 63.2 cm³/mol. The van der Waals surface area contributed by atoms with E-state index >= 15 is 0 Å². The van der Waals surface area contributed by atoms with Gasteiger partial charge in [-0.1, -0.05) is 15.9 Å². The lowest BCUT2D eigenvalue weighted by molar-refractivity contribution is -0.137. The quantitative estimate of drug-likeness (QED) is 0.869. The molecule has 0 spiro atoms. The van der Waals surface area contributed by atoms with Crippen LogP contribution in [0.4, 0.5) is 18.9 Å². The number of hydrogen-bond acceptors (Lipinski definition) is 2. The maximum atomic E-state index is 12.6. The first-order valence-electron chi connectivity index (χ1n) is 4.85. The Labute approximate surface area is 110 Å². The summed E-state index contributed by atoms with van der Waals surface area (Å²) in [6.45, 7) is 0. The molecule has 7 heteroatoms. The molecular weight excluding hydrogens is 313 g/mol. The Balaban J connectivity index is 3.05. The molecule has 1 aromatic carbocycles. The number of halogens is 4. The van der Waals surface area contributed by atoms with Crippen LogP contribution in [0.2, 0.25) is 0 Å². The summed E-state index contributed by atoms with van der Waals surface area (Å²) in [4.78, 5) is 11.2. The van der Waals surface area contributed by atoms with E-state index in [4.69, 9.17) is 5.26 Å². The molecule has 0 fully saturated rings. The molecule has 1 aromatic rings. The monoisotopic (exact) mass is 320 g/mol. The smallest absolute Gasteiger partial charge is 0.326 e. The van der Waals surface area contributed by atoms with Gasteiger partial charge < -0.3 is 5.32 Å². The Morgan fingerprint density at radius 2 is 2.11 bits per heavy atom. The molecule has 0 aliphatic heterocycles. The second-order valence-corrected chi connectivity index (χ2v) is 4.15. The topological polar surface area (TPSA) is 52.9 Å². The molecule has 3 nitrogen and oxygen atoms in total. The van der Waals surface area contributed by atoms with E-state index in [0.29, 0.717) is 5.33 Å². The van der Waals surface area contributed by atoms with E-state index in [1.54, 1.807) is 0 Å². The van der Waals surface area contributed by atoms with Crippen LogP contribution < -0.4 is 5.32 Å². The van der Waals surface area contributed by atoms with Crippen molar-refractivity contribution in [1.82, 2.24) is 0 Å². The lowest BCUT2D eigenvalue weighted by atomic mass is 10.1. The van der Waals surface area contributed by atoms with Crippen molar-refractivity contribution in [3.05, 3.63) is 29.3 Å². The number of nitrogens with one attached hydrogen (secondary N) is 1. The highest BCUT2D eigenvalue weighted by atomic mass is 79.9. The van der Waals surface area contributed by atoms with Crippen molar-refractivity contribution >= 4 is 27.5 Å². The third-order valence-corrected chi connectivity index (χ3v) is 2.45. The Kier molecular flexibility index (Phi) is 4.73. The second-order valence-electron chi connectivity index (χ2n) is 3.36. The summed E-state index contributed by atoms with van der Waals surface area (Å²) >= 11 is 3.05. The van der Waals surface area contributed by atoms with E-state index in [2.05, 4.69) is 21.2 Å². The highest BCUT2D eigenvalue weighted by Crippen LogP contribution is 2.33. The normalized spacial score (nSPS) is 10.8. The van der Waals surface area contributed by atoms with Crippen LogP contribution in [-0.2, 0) is 11.0 Å². The molecule has 0 aromatic heterocycles. The van der Waals surface area contributed by atoms with Crippen LogP contribution in [0.3, 0.4) is 0 Å². The molecule has 0 radical (unpaired) electrons. The number of nitrogens with zero attached hydrogens (tertiary/aromatic N) is 1. The fraction of sp³-hybridized carbons (Fsp3) is 0.273. The van der Waals surface area contributed by atoms with Gasteiger partial charge in [-0.25, -0.2) is 0 Å². The standard InChI is InChI=1S/C11H8BrF3N2O/c12-4-3-10(18)17-8-2-1-7(6-16)9(5-8)11(13,14)15/h1-2,5H,3-4H2,(H,17,18). The highest BCUT2D eigenvalue weighted by Gasteiger charge is 2.33. The summed E-state index contributed by atoms with van der Waals surface area (Å²) in [5.41, 5.74) is -1.50. The van der Waals surface area contributed by atoms with Crippen molar-refractivity contribution in [2.24, 2.45) is 0 Å². The summed E-state index contributed by atoms with van der Waals surface area (Å²) < 4.78 is 37.9. The molecule has 0 saturated heterocycles. The third kappa shape index (κ3) is 3.74. The van der Waals surface area contributed by atoms with Crippen LogP contribution in [-0.4, -0.2) is 11.2 Å². The number of hydrogen-bond donors (Lipinski definition) is 1. The minimum atomic E-state index is -4.62. The van der Waals surface area contributed by atoms with Gasteiger partial charge in [0.1, 0.15) is 0 Å². The zero-order chi connectivity index (χ0) is 13.8. The van der Waals surface area contributed by atoms with Crippen molar-refractivity contribution < 1.29 is 18.0 Å². The maximum absolute atomic E-state index is 12.6. The molecule has 18 heavy (non-hydrogen) atoms. The zero-order valence-corrected chi connectivity index (χ0v) is 10.6. The van der Waals surface area contributed by atoms with Crippen molar-refractivity contribution in [1.29, 1.82) is 5.26 Å². The number of carbonyl (C=O) groups is 1. The van der Waals surface area contributed by atoms with Crippen LogP contribution in [0.1, 0.15) is 17.5 Å². The summed E-state index contributed by atoms with van der Waals surface area (Å²) in [6, 6.07) is 4.52. The molecule has 0 unspecified atom stereocenters. The minimum Gasteiger partial charge on any atom is -0.326 e. The molecule has 0 bridgehead atoms. The van der Waals surface area contributed by atoms with Crippen LogP contribution in [0.5, 0.6) is 0 Å². The van der Waals surface area contributed by atoms with Gasteiger partial charge in [-0.15, -0.1) is 0 Å². The molecular formula is C11H8BrF3N2O. The maximum Gasteiger partial charge on any atom is 0.417 e. The van der Waals surface area contributed by atoms with E-state index in [9.17, 15) is 18.0 Å². The van der Waals surface area contributed by atoms with E-state index in [1.165, 1.54) is 12.1 Å². The van der Waals surface area contributed by atoms with Crippen LogP contribution in [0.25, 0.3) is 0 Å². The number of benzene rings is 1. The third-order valence-electron chi connectivity index (χ3n) is 2.05. The number of rotatable bonds is 3. The van der Waals surface area contributed by atoms with Gasteiger partial charge in [0.25, 0.3) is 0 Å². The van der Waals surface area contributed by atoms with Crippen molar-refractivity contribution in [3.63, 3.8) is 0 Å². The van der Waals surface area contributed by atoms with E-state index < -0.39 is 23.2 Å². The molecule has 0 aliphatic carbocycles. The van der Waals surface area contributed by atoms with Gasteiger partial charge in [-0.3, -0.25) is 4.79 Å². The molecule has 0 aliphatic rings. The lowest BCUT2D eigenvalue weighted by Gasteiger charge is -2.11. The van der Waals surface area contributed by atoms with Crippen LogP contribution in [0, 0.1) is 11.3 Å². The average Bonchev–Trinajstić information content (AvgIpc) is 2.28. The second kappa shape index (κ2) is 5.87. The molecule has 0 saturated carbocycles. The first-order valence-corrected chi connectivity index (χ1v) is 5.97. The number of nitriles is 1. The number of carbonyl (C=O) groups excluding carboxylic acids is 1. The van der Waals surface area contributed by atoms with E-state index in [1.807, 2.05) is 0 Å². The summed E-state index contributed by atoms with van der Waals surface area (Å²) in [7, 11) is 0. The molecule has 1 rings (SSSR count). The van der Waals surface area contributed by atoms with Gasteiger partial charge in [0.05, 0.1) is 17.2 Å². The predicted octanol–water partition coefficient (Wildman–Crippen LogP) is 3.30. The molecule has 0 atom stereocenters. The van der Waals surface area contributed by atoms with Crippen molar-refractivity contribution in [2.45, 2.75) is 12.6 Å². The SMILES string of the molecule is N#Cc1ccc(NC(=O)CCBr)cc1C(F)(F)F. The van der Waals surface area contributed by atoms with Gasteiger partial charge in [-0.05, 0) is 18.2 Å². The van der Waals surface area contributed by atoms with Gasteiger partial charge >= 0.3 is 6.18 Å². The number of amides is 1. The number of anilines is 1. The van der Waals surface area contributed by atoms with Gasteiger partial charge in [0.15, 0.2) is 0 Å². The van der Waals surface area contributed by atoms with Crippen LogP contribution >= 0.6 is 15.9 Å². The molecule has 1 N–H and O–H groups in total. The summed E-state index contributed by atoms with van der Waals surface area (Å²) in [5.74, 6) is -0.398.